The Labute approximate surface area is 83.1 Å². The van der Waals surface area contributed by atoms with E-state index in [0.29, 0.717) is 5.92 Å². The van der Waals surface area contributed by atoms with Crippen LogP contribution in [0.2, 0.25) is 0 Å². The molecule has 1 aliphatic heterocycles. The highest BCUT2D eigenvalue weighted by Crippen LogP contribution is 2.19. The maximum atomic E-state index is 9.36. The molecule has 0 bridgehead atoms. The summed E-state index contributed by atoms with van der Waals surface area (Å²) < 4.78 is 0. The minimum Gasteiger partial charge on any atom is -0.393 e. The van der Waals surface area contributed by atoms with Gasteiger partial charge in [-0.2, -0.15) is 0 Å². The molecule has 1 aliphatic rings. The van der Waals surface area contributed by atoms with Crippen LogP contribution in [-0.4, -0.2) is 41.1 Å². The van der Waals surface area contributed by atoms with E-state index in [-0.39, 0.29) is 6.10 Å². The first kappa shape index (κ1) is 10.5. The van der Waals surface area contributed by atoms with Crippen LogP contribution in [0.5, 0.6) is 0 Å². The van der Waals surface area contributed by atoms with Crippen LogP contribution in [0.25, 0.3) is 0 Å². The van der Waals surface area contributed by atoms with Crippen molar-refractivity contribution >= 4 is 15.9 Å². The van der Waals surface area contributed by atoms with Gasteiger partial charge in [-0.3, -0.25) is 0 Å². The number of rotatable bonds is 4. The zero-order chi connectivity index (χ0) is 8.97. The fourth-order valence-electron chi connectivity index (χ4n) is 1.74. The second kappa shape index (κ2) is 5.20. The van der Waals surface area contributed by atoms with E-state index in [9.17, 15) is 5.11 Å². The molecule has 2 atom stereocenters. The minimum absolute atomic E-state index is 0.126. The summed E-state index contributed by atoms with van der Waals surface area (Å²) in [5.41, 5.74) is 0. The first-order chi connectivity index (χ1) is 5.74. The molecule has 0 aliphatic carbocycles. The molecule has 0 aromatic rings. The van der Waals surface area contributed by atoms with Crippen molar-refractivity contribution in [1.29, 1.82) is 0 Å². The van der Waals surface area contributed by atoms with Gasteiger partial charge in [0.25, 0.3) is 0 Å². The second-order valence-corrected chi connectivity index (χ2v) is 4.43. The molecule has 1 rings (SSSR count). The van der Waals surface area contributed by atoms with Gasteiger partial charge in [-0.15, -0.1) is 0 Å². The Morgan fingerprint density at radius 1 is 1.67 bits per heavy atom. The van der Waals surface area contributed by atoms with Gasteiger partial charge in [-0.25, -0.2) is 0 Å². The molecule has 0 aromatic heterocycles. The van der Waals surface area contributed by atoms with Crippen LogP contribution in [0.3, 0.4) is 0 Å². The van der Waals surface area contributed by atoms with E-state index in [2.05, 4.69) is 20.8 Å². The highest BCUT2D eigenvalue weighted by Gasteiger charge is 2.24. The number of aliphatic hydroxyl groups excluding tert-OH is 1. The predicted molar refractivity (Wildman–Crippen MR) is 54.6 cm³/mol. The van der Waals surface area contributed by atoms with Crippen LogP contribution >= 0.6 is 15.9 Å². The minimum atomic E-state index is -0.126. The molecule has 1 heterocycles. The van der Waals surface area contributed by atoms with Crippen molar-refractivity contribution < 1.29 is 5.11 Å². The maximum Gasteiger partial charge on any atom is 0.0552 e. The molecule has 72 valence electrons. The van der Waals surface area contributed by atoms with Crippen molar-refractivity contribution in [2.75, 3.05) is 25.0 Å². The molecular formula is C9H18BrNO. The zero-order valence-electron chi connectivity index (χ0n) is 7.67. The summed E-state index contributed by atoms with van der Waals surface area (Å²) in [7, 11) is 0. The van der Waals surface area contributed by atoms with Crippen molar-refractivity contribution in [3.8, 4) is 0 Å². The van der Waals surface area contributed by atoms with E-state index < -0.39 is 0 Å². The lowest BCUT2D eigenvalue weighted by atomic mass is 10.0. The number of aliphatic hydroxyl groups is 1. The summed E-state index contributed by atoms with van der Waals surface area (Å²) in [5.74, 6) is 0.514. The number of hydrogen-bond acceptors (Lipinski definition) is 2. The van der Waals surface area contributed by atoms with Crippen LogP contribution in [-0.2, 0) is 0 Å². The fraction of sp³-hybridized carbons (Fsp3) is 1.00. The van der Waals surface area contributed by atoms with Crippen LogP contribution in [0.15, 0.2) is 0 Å². The quantitative estimate of drug-likeness (QED) is 0.747. The maximum absolute atomic E-state index is 9.36. The van der Waals surface area contributed by atoms with Crippen LogP contribution in [0.1, 0.15) is 19.8 Å². The molecule has 0 spiro atoms. The Balaban J connectivity index is 2.17. The monoisotopic (exact) mass is 235 g/mol. The SMILES string of the molecule is CC(O)C1CCN(CCCBr)C1. The Kier molecular flexibility index (Phi) is 4.54. The Hall–Kier alpha value is 0.400. The van der Waals surface area contributed by atoms with Crippen LogP contribution in [0, 0.1) is 5.92 Å². The third kappa shape index (κ3) is 3.04. The van der Waals surface area contributed by atoms with Gasteiger partial charge in [0, 0.05) is 11.9 Å². The number of halogens is 1. The topological polar surface area (TPSA) is 23.5 Å². The normalized spacial score (nSPS) is 27.8. The standard InChI is InChI=1S/C9H18BrNO/c1-8(12)9-3-6-11(7-9)5-2-4-10/h8-9,12H,2-7H2,1H3. The van der Waals surface area contributed by atoms with Crippen molar-refractivity contribution in [3.05, 3.63) is 0 Å². The fourth-order valence-corrected chi connectivity index (χ4v) is 1.99. The van der Waals surface area contributed by atoms with E-state index in [4.69, 9.17) is 0 Å². The van der Waals surface area contributed by atoms with E-state index in [1.165, 1.54) is 25.9 Å². The number of alkyl halides is 1. The lowest BCUT2D eigenvalue weighted by molar-refractivity contribution is 0.128. The van der Waals surface area contributed by atoms with Gasteiger partial charge in [0.05, 0.1) is 6.10 Å². The average Bonchev–Trinajstić information content (AvgIpc) is 2.48. The van der Waals surface area contributed by atoms with E-state index in [0.717, 1.165) is 11.9 Å². The largest absolute Gasteiger partial charge is 0.393 e. The predicted octanol–water partition coefficient (Wildman–Crippen LogP) is 1.47. The molecule has 0 radical (unpaired) electrons. The molecular weight excluding hydrogens is 218 g/mol. The lowest BCUT2D eigenvalue weighted by Crippen LogP contribution is -2.25. The summed E-state index contributed by atoms with van der Waals surface area (Å²) in [4.78, 5) is 2.44. The molecule has 0 aromatic carbocycles. The first-order valence-corrected chi connectivity index (χ1v) is 5.82. The molecule has 0 amide bonds. The van der Waals surface area contributed by atoms with Crippen molar-refractivity contribution in [2.45, 2.75) is 25.9 Å². The van der Waals surface area contributed by atoms with Crippen molar-refractivity contribution in [3.63, 3.8) is 0 Å². The van der Waals surface area contributed by atoms with Gasteiger partial charge in [0.15, 0.2) is 0 Å². The molecule has 12 heavy (non-hydrogen) atoms. The second-order valence-electron chi connectivity index (χ2n) is 3.63. The first-order valence-electron chi connectivity index (χ1n) is 4.70. The van der Waals surface area contributed by atoms with E-state index in [1.807, 2.05) is 6.92 Å². The molecule has 1 saturated heterocycles. The van der Waals surface area contributed by atoms with Gasteiger partial charge < -0.3 is 10.0 Å². The van der Waals surface area contributed by atoms with Gasteiger partial charge in [-0.05, 0) is 38.8 Å². The number of likely N-dealkylation sites (tertiary alicyclic amines) is 1. The third-order valence-electron chi connectivity index (χ3n) is 2.60. The van der Waals surface area contributed by atoms with Crippen molar-refractivity contribution in [1.82, 2.24) is 4.90 Å². The Morgan fingerprint density at radius 2 is 2.42 bits per heavy atom. The Morgan fingerprint density at radius 3 is 2.92 bits per heavy atom. The van der Waals surface area contributed by atoms with Crippen molar-refractivity contribution in [2.24, 2.45) is 5.92 Å². The molecule has 0 saturated carbocycles. The summed E-state index contributed by atoms with van der Waals surface area (Å²) in [6, 6.07) is 0. The van der Waals surface area contributed by atoms with Gasteiger partial charge in [-0.1, -0.05) is 15.9 Å². The highest BCUT2D eigenvalue weighted by atomic mass is 79.9. The smallest absolute Gasteiger partial charge is 0.0552 e. The average molecular weight is 236 g/mol. The van der Waals surface area contributed by atoms with E-state index >= 15 is 0 Å². The summed E-state index contributed by atoms with van der Waals surface area (Å²) in [6.07, 6.45) is 2.26. The zero-order valence-corrected chi connectivity index (χ0v) is 9.26. The lowest BCUT2D eigenvalue weighted by Gasteiger charge is -2.16. The summed E-state index contributed by atoms with van der Waals surface area (Å²) in [5, 5.41) is 10.4. The van der Waals surface area contributed by atoms with Crippen LogP contribution < -0.4 is 0 Å². The van der Waals surface area contributed by atoms with Crippen LogP contribution in [0.4, 0.5) is 0 Å². The highest BCUT2D eigenvalue weighted by molar-refractivity contribution is 9.09. The molecule has 1 N–H and O–H groups in total. The molecule has 3 heteroatoms. The molecule has 2 nitrogen and oxygen atoms in total. The van der Waals surface area contributed by atoms with Gasteiger partial charge >= 0.3 is 0 Å². The Bertz CT molecular complexity index is 130. The molecule has 2 unspecified atom stereocenters. The number of hydrogen-bond donors (Lipinski definition) is 1. The van der Waals surface area contributed by atoms with Gasteiger partial charge in [0.1, 0.15) is 0 Å². The van der Waals surface area contributed by atoms with E-state index in [1.54, 1.807) is 0 Å². The molecule has 1 fully saturated rings. The van der Waals surface area contributed by atoms with Gasteiger partial charge in [0.2, 0.25) is 0 Å². The number of nitrogens with zero attached hydrogens (tertiary/aromatic N) is 1. The third-order valence-corrected chi connectivity index (χ3v) is 3.16. The summed E-state index contributed by atoms with van der Waals surface area (Å²) >= 11 is 3.42. The summed E-state index contributed by atoms with van der Waals surface area (Å²) in [6.45, 7) is 5.33.